The molecule has 2 amide bonds. The zero-order valence-electron chi connectivity index (χ0n) is 12.1. The third-order valence-corrected chi connectivity index (χ3v) is 3.93. The van der Waals surface area contributed by atoms with Crippen molar-refractivity contribution in [2.24, 2.45) is 11.7 Å². The molecule has 1 saturated carbocycles. The van der Waals surface area contributed by atoms with E-state index in [4.69, 9.17) is 10.2 Å². The summed E-state index contributed by atoms with van der Waals surface area (Å²) in [6.07, 6.45) is 2.56. The van der Waals surface area contributed by atoms with Crippen molar-refractivity contribution in [2.45, 2.75) is 18.8 Å². The zero-order chi connectivity index (χ0) is 15.5. The Bertz CT molecular complexity index is 652. The van der Waals surface area contributed by atoms with E-state index < -0.39 is 5.91 Å². The van der Waals surface area contributed by atoms with E-state index in [-0.39, 0.29) is 24.2 Å². The van der Waals surface area contributed by atoms with Crippen LogP contribution in [0, 0.1) is 5.92 Å². The number of hydrogen-bond acceptors (Lipinski definition) is 3. The van der Waals surface area contributed by atoms with Crippen molar-refractivity contribution in [3.8, 4) is 0 Å². The van der Waals surface area contributed by atoms with Crippen molar-refractivity contribution in [1.29, 1.82) is 0 Å². The molecule has 0 spiro atoms. The lowest BCUT2D eigenvalue weighted by molar-refractivity contribution is -0.120. The highest BCUT2D eigenvalue weighted by atomic mass is 16.3. The summed E-state index contributed by atoms with van der Waals surface area (Å²) < 4.78 is 5.38. The Balaban J connectivity index is 1.74. The minimum atomic E-state index is -0.410. The Morgan fingerprint density at radius 1 is 1.18 bits per heavy atom. The molecular formula is C17H18N2O3. The van der Waals surface area contributed by atoms with Crippen molar-refractivity contribution in [3.63, 3.8) is 0 Å². The molecule has 2 unspecified atom stereocenters. The number of carbonyl (C=O) groups excluding carboxylic acids is 2. The van der Waals surface area contributed by atoms with Gasteiger partial charge in [0, 0.05) is 30.5 Å². The highest BCUT2D eigenvalue weighted by molar-refractivity contribution is 5.97. The monoisotopic (exact) mass is 298 g/mol. The van der Waals surface area contributed by atoms with Gasteiger partial charge in [-0.05, 0) is 30.7 Å². The molecule has 1 aliphatic rings. The second-order valence-corrected chi connectivity index (χ2v) is 5.51. The fourth-order valence-corrected chi connectivity index (χ4v) is 2.68. The van der Waals surface area contributed by atoms with Crippen LogP contribution in [0.3, 0.4) is 0 Å². The molecule has 3 rings (SSSR count). The van der Waals surface area contributed by atoms with Crippen LogP contribution in [0.2, 0.25) is 0 Å². The third kappa shape index (κ3) is 3.03. The van der Waals surface area contributed by atoms with Gasteiger partial charge in [-0.15, -0.1) is 0 Å². The molecule has 1 aliphatic carbocycles. The van der Waals surface area contributed by atoms with Crippen LogP contribution >= 0.6 is 0 Å². The minimum Gasteiger partial charge on any atom is -0.469 e. The lowest BCUT2D eigenvalue weighted by Gasteiger charge is -2.22. The van der Waals surface area contributed by atoms with Crippen molar-refractivity contribution in [1.82, 2.24) is 0 Å². The van der Waals surface area contributed by atoms with E-state index in [9.17, 15) is 9.59 Å². The smallest absolute Gasteiger partial charge is 0.230 e. The average Bonchev–Trinajstić information content (AvgIpc) is 3.13. The van der Waals surface area contributed by atoms with Gasteiger partial charge in [0.1, 0.15) is 5.76 Å². The molecular weight excluding hydrogens is 280 g/mol. The van der Waals surface area contributed by atoms with Crippen LogP contribution in [0.4, 0.5) is 5.69 Å². The van der Waals surface area contributed by atoms with E-state index in [0.29, 0.717) is 6.54 Å². The number of nitrogens with two attached hydrogens (primary N) is 1. The molecule has 0 aliphatic heterocycles. The average molecular weight is 298 g/mol. The van der Waals surface area contributed by atoms with E-state index in [0.717, 1.165) is 17.9 Å². The number of rotatable bonds is 6. The van der Waals surface area contributed by atoms with Crippen molar-refractivity contribution in [2.75, 3.05) is 11.4 Å². The molecule has 1 aromatic heterocycles. The second-order valence-electron chi connectivity index (χ2n) is 5.51. The summed E-state index contributed by atoms with van der Waals surface area (Å²) in [7, 11) is 0. The molecule has 0 bridgehead atoms. The Hall–Kier alpha value is -2.56. The summed E-state index contributed by atoms with van der Waals surface area (Å²) >= 11 is 0. The van der Waals surface area contributed by atoms with Crippen LogP contribution in [0.25, 0.3) is 0 Å². The van der Waals surface area contributed by atoms with Gasteiger partial charge in [-0.2, -0.15) is 0 Å². The maximum Gasteiger partial charge on any atom is 0.230 e. The number of amides is 2. The first-order chi connectivity index (χ1) is 10.7. The number of anilines is 1. The SMILES string of the molecule is NC(=O)CCN(C(=O)C1CC1c1ccco1)c1ccccc1. The summed E-state index contributed by atoms with van der Waals surface area (Å²) in [4.78, 5) is 25.5. The van der Waals surface area contributed by atoms with Crippen LogP contribution in [-0.2, 0) is 9.59 Å². The Kier molecular flexibility index (Phi) is 3.96. The van der Waals surface area contributed by atoms with Crippen molar-refractivity contribution >= 4 is 17.5 Å². The Morgan fingerprint density at radius 2 is 1.95 bits per heavy atom. The molecule has 5 nitrogen and oxygen atoms in total. The summed E-state index contributed by atoms with van der Waals surface area (Å²) in [5, 5.41) is 0. The van der Waals surface area contributed by atoms with Crippen molar-refractivity contribution in [3.05, 3.63) is 54.5 Å². The van der Waals surface area contributed by atoms with Gasteiger partial charge in [0.15, 0.2) is 0 Å². The number of para-hydroxylation sites is 1. The molecule has 0 saturated heterocycles. The lowest BCUT2D eigenvalue weighted by atomic mass is 10.2. The molecule has 114 valence electrons. The second kappa shape index (κ2) is 6.05. The molecule has 1 heterocycles. The molecule has 0 radical (unpaired) electrons. The van der Waals surface area contributed by atoms with E-state index in [1.165, 1.54) is 0 Å². The quantitative estimate of drug-likeness (QED) is 0.889. The van der Waals surface area contributed by atoms with E-state index in [2.05, 4.69) is 0 Å². The number of nitrogens with zero attached hydrogens (tertiary/aromatic N) is 1. The predicted molar refractivity (Wildman–Crippen MR) is 82.2 cm³/mol. The van der Waals surface area contributed by atoms with Crippen LogP contribution in [-0.4, -0.2) is 18.4 Å². The van der Waals surface area contributed by atoms with Crippen LogP contribution < -0.4 is 10.6 Å². The van der Waals surface area contributed by atoms with Gasteiger partial charge >= 0.3 is 0 Å². The first kappa shape index (κ1) is 14.4. The standard InChI is InChI=1S/C17H18N2O3/c18-16(20)8-9-19(12-5-2-1-3-6-12)17(21)14-11-13(14)15-7-4-10-22-15/h1-7,10,13-14H,8-9,11H2,(H2,18,20). The molecule has 5 heteroatoms. The van der Waals surface area contributed by atoms with E-state index in [1.807, 2.05) is 42.5 Å². The molecule has 1 fully saturated rings. The van der Waals surface area contributed by atoms with Gasteiger partial charge in [0.2, 0.25) is 11.8 Å². The minimum absolute atomic E-state index is 0.0221. The number of primary amides is 1. The van der Waals surface area contributed by atoms with E-state index in [1.54, 1.807) is 11.2 Å². The maximum atomic E-state index is 12.8. The van der Waals surface area contributed by atoms with Crippen LogP contribution in [0.15, 0.2) is 53.1 Å². The lowest BCUT2D eigenvalue weighted by Crippen LogP contribution is -2.35. The van der Waals surface area contributed by atoms with Crippen LogP contribution in [0.5, 0.6) is 0 Å². The normalized spacial score (nSPS) is 19.6. The van der Waals surface area contributed by atoms with E-state index >= 15 is 0 Å². The number of furan rings is 1. The summed E-state index contributed by atoms with van der Waals surface area (Å²) in [6, 6.07) is 13.1. The van der Waals surface area contributed by atoms with Gasteiger partial charge < -0.3 is 15.1 Å². The maximum absolute atomic E-state index is 12.8. The summed E-state index contributed by atoms with van der Waals surface area (Å²) in [5.41, 5.74) is 6.01. The number of benzene rings is 1. The third-order valence-electron chi connectivity index (χ3n) is 3.93. The topological polar surface area (TPSA) is 76.5 Å². The predicted octanol–water partition coefficient (Wildman–Crippen LogP) is 2.29. The Labute approximate surface area is 128 Å². The molecule has 2 atom stereocenters. The summed E-state index contributed by atoms with van der Waals surface area (Å²) in [6.45, 7) is 0.305. The molecule has 22 heavy (non-hydrogen) atoms. The number of hydrogen-bond donors (Lipinski definition) is 1. The Morgan fingerprint density at radius 3 is 2.59 bits per heavy atom. The van der Waals surface area contributed by atoms with Gasteiger partial charge in [-0.3, -0.25) is 9.59 Å². The zero-order valence-corrected chi connectivity index (χ0v) is 12.1. The molecule has 1 aromatic carbocycles. The highest BCUT2D eigenvalue weighted by Gasteiger charge is 2.47. The first-order valence-corrected chi connectivity index (χ1v) is 7.35. The largest absolute Gasteiger partial charge is 0.469 e. The van der Waals surface area contributed by atoms with Gasteiger partial charge in [0.05, 0.1) is 6.26 Å². The highest BCUT2D eigenvalue weighted by Crippen LogP contribution is 2.49. The van der Waals surface area contributed by atoms with Crippen molar-refractivity contribution < 1.29 is 14.0 Å². The number of carbonyl (C=O) groups is 2. The fourth-order valence-electron chi connectivity index (χ4n) is 2.68. The molecule has 2 aromatic rings. The fraction of sp³-hybridized carbons (Fsp3) is 0.294. The van der Waals surface area contributed by atoms with Gasteiger partial charge in [-0.1, -0.05) is 18.2 Å². The summed E-state index contributed by atoms with van der Waals surface area (Å²) in [5.74, 6) is 0.517. The molecule has 2 N–H and O–H groups in total. The van der Waals surface area contributed by atoms with Gasteiger partial charge in [-0.25, -0.2) is 0 Å². The first-order valence-electron chi connectivity index (χ1n) is 7.35. The van der Waals surface area contributed by atoms with Crippen LogP contribution in [0.1, 0.15) is 24.5 Å². The van der Waals surface area contributed by atoms with Gasteiger partial charge in [0.25, 0.3) is 0 Å².